The number of hydrogen-bond acceptors (Lipinski definition) is 5. The Morgan fingerprint density at radius 1 is 1.15 bits per heavy atom. The quantitative estimate of drug-likeness (QED) is 0.400. The van der Waals surface area contributed by atoms with Crippen molar-refractivity contribution in [2.24, 2.45) is 11.8 Å². The molecular formula is C26H30Cl2N4O2. The maximum atomic E-state index is 13.1. The summed E-state index contributed by atoms with van der Waals surface area (Å²) < 4.78 is 5.45. The van der Waals surface area contributed by atoms with Gasteiger partial charge in [-0.3, -0.25) is 9.69 Å². The number of carbonyl (C=O) groups is 1. The summed E-state index contributed by atoms with van der Waals surface area (Å²) in [6.45, 7) is 6.52. The fourth-order valence-corrected chi connectivity index (χ4v) is 4.86. The van der Waals surface area contributed by atoms with Gasteiger partial charge in [-0.2, -0.15) is 4.98 Å². The van der Waals surface area contributed by atoms with Gasteiger partial charge in [0.2, 0.25) is 17.6 Å². The molecule has 6 nitrogen and oxygen atoms in total. The zero-order valence-corrected chi connectivity index (χ0v) is 21.0. The van der Waals surface area contributed by atoms with Crippen LogP contribution in [0.15, 0.2) is 53.1 Å². The smallest absolute Gasteiger partial charge is 0.241 e. The number of halogens is 2. The minimum atomic E-state index is 0.0146. The first-order valence-corrected chi connectivity index (χ1v) is 12.5. The Morgan fingerprint density at radius 2 is 1.88 bits per heavy atom. The molecule has 1 fully saturated rings. The van der Waals surface area contributed by atoms with Gasteiger partial charge in [0.25, 0.3) is 0 Å². The average molecular weight is 501 g/mol. The lowest BCUT2D eigenvalue weighted by Gasteiger charge is -2.31. The van der Waals surface area contributed by atoms with Crippen LogP contribution >= 0.6 is 23.2 Å². The molecule has 2 heterocycles. The molecule has 4 rings (SSSR count). The summed E-state index contributed by atoms with van der Waals surface area (Å²) in [5.41, 5.74) is 1.85. The van der Waals surface area contributed by atoms with Crippen molar-refractivity contribution in [1.29, 1.82) is 0 Å². The minimum absolute atomic E-state index is 0.0146. The Morgan fingerprint density at radius 3 is 2.56 bits per heavy atom. The minimum Gasteiger partial charge on any atom is -0.349 e. The Bertz CT molecular complexity index is 1100. The molecule has 34 heavy (non-hydrogen) atoms. The number of nitrogens with zero attached hydrogens (tertiary/aromatic N) is 3. The van der Waals surface area contributed by atoms with Crippen LogP contribution in [-0.4, -0.2) is 34.0 Å². The number of benzene rings is 2. The highest BCUT2D eigenvalue weighted by atomic mass is 35.5. The van der Waals surface area contributed by atoms with E-state index in [4.69, 9.17) is 27.7 Å². The summed E-state index contributed by atoms with van der Waals surface area (Å²) in [4.78, 5) is 19.8. The van der Waals surface area contributed by atoms with Crippen molar-refractivity contribution in [3.8, 4) is 11.4 Å². The van der Waals surface area contributed by atoms with Crippen molar-refractivity contribution in [3.63, 3.8) is 0 Å². The first-order valence-electron chi connectivity index (χ1n) is 11.7. The maximum Gasteiger partial charge on any atom is 0.241 e. The molecule has 8 heteroatoms. The SMILES string of the molecule is CC(C)CC(NC(=O)C1CCN(Cc2nc(-c3ccc(Cl)cc3Cl)no2)CC1)c1ccccc1. The number of nitrogens with one attached hydrogen (secondary N) is 1. The lowest BCUT2D eigenvalue weighted by molar-refractivity contribution is -0.127. The molecule has 1 aliphatic rings. The van der Waals surface area contributed by atoms with Gasteiger partial charge in [0.1, 0.15) is 0 Å². The van der Waals surface area contributed by atoms with E-state index in [1.165, 1.54) is 0 Å². The molecule has 2 aromatic carbocycles. The van der Waals surface area contributed by atoms with E-state index in [0.717, 1.165) is 37.9 Å². The van der Waals surface area contributed by atoms with E-state index >= 15 is 0 Å². The number of amides is 1. The molecule has 0 saturated carbocycles. The monoisotopic (exact) mass is 500 g/mol. The molecular weight excluding hydrogens is 471 g/mol. The highest BCUT2D eigenvalue weighted by Crippen LogP contribution is 2.29. The molecule has 1 atom stereocenters. The Labute approximate surface area is 210 Å². The number of piperidine rings is 1. The molecule has 0 radical (unpaired) electrons. The molecule has 1 aliphatic heterocycles. The standard InChI is InChI=1S/C26H30Cl2N4O2/c1-17(2)14-23(18-6-4-3-5-7-18)29-26(33)19-10-12-32(13-11-19)16-24-30-25(31-34-24)21-9-8-20(27)15-22(21)28/h3-9,15,17,19,23H,10-14,16H2,1-2H3,(H,29,33). The van der Waals surface area contributed by atoms with Crippen LogP contribution in [0, 0.1) is 11.8 Å². The predicted molar refractivity (Wildman–Crippen MR) is 135 cm³/mol. The second-order valence-electron chi connectivity index (χ2n) is 9.29. The molecule has 0 spiro atoms. The molecule has 1 amide bonds. The van der Waals surface area contributed by atoms with E-state index < -0.39 is 0 Å². The summed E-state index contributed by atoms with van der Waals surface area (Å²) >= 11 is 12.2. The molecule has 180 valence electrons. The number of hydrogen-bond donors (Lipinski definition) is 1. The Hall–Kier alpha value is -2.41. The fraction of sp³-hybridized carbons (Fsp3) is 0.423. The van der Waals surface area contributed by atoms with Crippen LogP contribution < -0.4 is 5.32 Å². The molecule has 1 aromatic heterocycles. The number of carbonyl (C=O) groups excluding carboxylic acids is 1. The van der Waals surface area contributed by atoms with Crippen molar-refractivity contribution in [2.45, 2.75) is 45.7 Å². The summed E-state index contributed by atoms with van der Waals surface area (Å²) in [6, 6.07) is 15.5. The second kappa shape index (κ2) is 11.3. The van der Waals surface area contributed by atoms with Gasteiger partial charge in [-0.05, 0) is 62.0 Å². The summed E-state index contributed by atoms with van der Waals surface area (Å²) in [6.07, 6.45) is 2.53. The lowest BCUT2D eigenvalue weighted by atomic mass is 9.93. The van der Waals surface area contributed by atoms with Crippen LogP contribution in [0.5, 0.6) is 0 Å². The molecule has 1 N–H and O–H groups in total. The van der Waals surface area contributed by atoms with Gasteiger partial charge in [0.15, 0.2) is 0 Å². The molecule has 3 aromatic rings. The number of likely N-dealkylation sites (tertiary alicyclic amines) is 1. The zero-order valence-electron chi connectivity index (χ0n) is 19.5. The van der Waals surface area contributed by atoms with Crippen LogP contribution in [0.25, 0.3) is 11.4 Å². The van der Waals surface area contributed by atoms with Gasteiger partial charge in [-0.25, -0.2) is 0 Å². The molecule has 1 unspecified atom stereocenters. The summed E-state index contributed by atoms with van der Waals surface area (Å²) in [7, 11) is 0. The van der Waals surface area contributed by atoms with Gasteiger partial charge in [0, 0.05) is 16.5 Å². The summed E-state index contributed by atoms with van der Waals surface area (Å²) in [5.74, 6) is 1.63. The molecule has 0 bridgehead atoms. The third-order valence-electron chi connectivity index (χ3n) is 6.18. The van der Waals surface area contributed by atoms with Crippen LogP contribution in [-0.2, 0) is 11.3 Å². The third-order valence-corrected chi connectivity index (χ3v) is 6.73. The van der Waals surface area contributed by atoms with Crippen molar-refractivity contribution in [2.75, 3.05) is 13.1 Å². The second-order valence-corrected chi connectivity index (χ2v) is 10.1. The normalized spacial score (nSPS) is 16.0. The average Bonchev–Trinajstić information content (AvgIpc) is 3.27. The van der Waals surface area contributed by atoms with Gasteiger partial charge in [-0.1, -0.05) is 72.5 Å². The molecule has 0 aliphatic carbocycles. The van der Waals surface area contributed by atoms with Crippen molar-refractivity contribution in [3.05, 3.63) is 70.0 Å². The van der Waals surface area contributed by atoms with Crippen molar-refractivity contribution >= 4 is 29.1 Å². The van der Waals surface area contributed by atoms with Gasteiger partial charge in [0.05, 0.1) is 17.6 Å². The van der Waals surface area contributed by atoms with E-state index in [9.17, 15) is 4.79 Å². The molecule has 1 saturated heterocycles. The Balaban J connectivity index is 1.31. The first-order chi connectivity index (χ1) is 16.4. The largest absolute Gasteiger partial charge is 0.349 e. The topological polar surface area (TPSA) is 71.3 Å². The number of rotatable bonds is 8. The zero-order chi connectivity index (χ0) is 24.1. The lowest BCUT2D eigenvalue weighted by Crippen LogP contribution is -2.41. The third kappa shape index (κ3) is 6.38. The van der Waals surface area contributed by atoms with Crippen molar-refractivity contribution < 1.29 is 9.32 Å². The van der Waals surface area contributed by atoms with Crippen molar-refractivity contribution in [1.82, 2.24) is 20.4 Å². The highest BCUT2D eigenvalue weighted by molar-refractivity contribution is 6.36. The van der Waals surface area contributed by atoms with Gasteiger partial charge in [-0.15, -0.1) is 0 Å². The highest BCUT2D eigenvalue weighted by Gasteiger charge is 2.28. The Kier molecular flexibility index (Phi) is 8.24. The van der Waals surface area contributed by atoms with Gasteiger partial charge < -0.3 is 9.84 Å². The van der Waals surface area contributed by atoms with Crippen LogP contribution in [0.1, 0.15) is 50.6 Å². The first kappa shape index (κ1) is 24.7. The van der Waals surface area contributed by atoms with Gasteiger partial charge >= 0.3 is 0 Å². The number of aromatic nitrogens is 2. The van der Waals surface area contributed by atoms with E-state index in [2.05, 4.69) is 46.3 Å². The summed E-state index contributed by atoms with van der Waals surface area (Å²) in [5, 5.41) is 8.42. The maximum absolute atomic E-state index is 13.1. The fourth-order valence-electron chi connectivity index (χ4n) is 4.37. The van der Waals surface area contributed by atoms with Crippen LogP contribution in [0.2, 0.25) is 10.0 Å². The van der Waals surface area contributed by atoms with Crippen LogP contribution in [0.3, 0.4) is 0 Å². The van der Waals surface area contributed by atoms with E-state index in [1.54, 1.807) is 18.2 Å². The van der Waals surface area contributed by atoms with E-state index in [0.29, 0.717) is 39.8 Å². The van der Waals surface area contributed by atoms with E-state index in [1.807, 2.05) is 18.2 Å². The predicted octanol–water partition coefficient (Wildman–Crippen LogP) is 6.16. The van der Waals surface area contributed by atoms with Crippen LogP contribution in [0.4, 0.5) is 0 Å². The van der Waals surface area contributed by atoms with E-state index in [-0.39, 0.29) is 17.9 Å².